The van der Waals surface area contributed by atoms with E-state index in [0.29, 0.717) is 12.2 Å². The zero-order valence-corrected chi connectivity index (χ0v) is 20.6. The molecule has 1 fully saturated rings. The smallest absolute Gasteiger partial charge is 0.247 e. The molecule has 1 atom stereocenters. The lowest BCUT2D eigenvalue weighted by Crippen LogP contribution is -2.69. The van der Waals surface area contributed by atoms with Crippen LogP contribution in [0.2, 0.25) is 0 Å². The molecule has 1 aromatic heterocycles. The van der Waals surface area contributed by atoms with Gasteiger partial charge < -0.3 is 14.6 Å². The maximum absolute atomic E-state index is 13.5. The number of sulfonamides is 1. The molecule has 1 aliphatic rings. The Morgan fingerprint density at radius 1 is 1.06 bits per heavy atom. The summed E-state index contributed by atoms with van der Waals surface area (Å²) in [5.41, 5.74) is 0.607. The molecule has 1 aliphatic heterocycles. The molecule has 0 aliphatic carbocycles. The Kier molecular flexibility index (Phi) is 7.09. The molecule has 35 heavy (non-hydrogen) atoms. The fourth-order valence-corrected chi connectivity index (χ4v) is 5.73. The Balaban J connectivity index is 1.60. The summed E-state index contributed by atoms with van der Waals surface area (Å²) in [7, 11) is -3.97. The predicted molar refractivity (Wildman–Crippen MR) is 131 cm³/mol. The van der Waals surface area contributed by atoms with Gasteiger partial charge in [-0.25, -0.2) is 8.42 Å². The third-order valence-electron chi connectivity index (χ3n) is 6.30. The second kappa shape index (κ2) is 10.1. The van der Waals surface area contributed by atoms with Gasteiger partial charge in [0.2, 0.25) is 21.8 Å². The molecule has 9 heteroatoms. The number of piperazine rings is 1. The molecule has 184 valence electrons. The minimum absolute atomic E-state index is 0.0826. The van der Waals surface area contributed by atoms with Gasteiger partial charge in [-0.2, -0.15) is 4.31 Å². The molecule has 2 amide bonds. The summed E-state index contributed by atoms with van der Waals surface area (Å²) < 4.78 is 33.1. The van der Waals surface area contributed by atoms with E-state index in [-0.39, 0.29) is 31.1 Å². The van der Waals surface area contributed by atoms with E-state index in [9.17, 15) is 18.0 Å². The minimum atomic E-state index is -3.97. The van der Waals surface area contributed by atoms with Crippen LogP contribution in [-0.2, 0) is 32.6 Å². The molecule has 0 saturated carbocycles. The summed E-state index contributed by atoms with van der Waals surface area (Å²) in [6.45, 7) is 3.59. The van der Waals surface area contributed by atoms with Crippen molar-refractivity contribution in [2.24, 2.45) is 0 Å². The van der Waals surface area contributed by atoms with Crippen LogP contribution < -0.4 is 5.32 Å². The molecule has 3 aromatic rings. The molecular formula is C26H29N3O5S. The van der Waals surface area contributed by atoms with Gasteiger partial charge in [0.25, 0.3) is 0 Å². The number of aryl methyl sites for hydroxylation is 1. The maximum Gasteiger partial charge on any atom is 0.247 e. The first-order valence-electron chi connectivity index (χ1n) is 11.4. The van der Waals surface area contributed by atoms with Gasteiger partial charge in [-0.05, 0) is 43.7 Å². The van der Waals surface area contributed by atoms with Crippen molar-refractivity contribution in [3.8, 4) is 0 Å². The third kappa shape index (κ3) is 5.31. The van der Waals surface area contributed by atoms with Crippen LogP contribution in [0.25, 0.3) is 0 Å². The number of amides is 2. The van der Waals surface area contributed by atoms with E-state index in [2.05, 4.69) is 5.32 Å². The van der Waals surface area contributed by atoms with Crippen molar-refractivity contribution < 1.29 is 22.4 Å². The van der Waals surface area contributed by atoms with E-state index >= 15 is 0 Å². The summed E-state index contributed by atoms with van der Waals surface area (Å²) in [5.74, 6) is -0.173. The number of rotatable bonds is 8. The Morgan fingerprint density at radius 2 is 1.77 bits per heavy atom. The number of hydrogen-bond acceptors (Lipinski definition) is 5. The highest BCUT2D eigenvalue weighted by molar-refractivity contribution is 7.89. The summed E-state index contributed by atoms with van der Waals surface area (Å²) >= 11 is 0. The van der Waals surface area contributed by atoms with Gasteiger partial charge in [0, 0.05) is 26.1 Å². The van der Waals surface area contributed by atoms with Crippen LogP contribution in [0.15, 0.2) is 82.3 Å². The molecule has 0 unspecified atom stereocenters. The first kappa shape index (κ1) is 24.7. The highest BCUT2D eigenvalue weighted by atomic mass is 32.2. The van der Waals surface area contributed by atoms with Gasteiger partial charge >= 0.3 is 0 Å². The van der Waals surface area contributed by atoms with Crippen LogP contribution in [0.3, 0.4) is 0 Å². The van der Waals surface area contributed by atoms with E-state index in [1.807, 2.05) is 31.2 Å². The van der Waals surface area contributed by atoms with Crippen molar-refractivity contribution >= 4 is 21.8 Å². The average molecular weight is 496 g/mol. The highest BCUT2D eigenvalue weighted by Crippen LogP contribution is 2.28. The van der Waals surface area contributed by atoms with Gasteiger partial charge in [-0.1, -0.05) is 48.0 Å². The summed E-state index contributed by atoms with van der Waals surface area (Å²) in [6.07, 6.45) is 1.96. The molecule has 2 heterocycles. The van der Waals surface area contributed by atoms with Crippen LogP contribution in [0.1, 0.15) is 23.8 Å². The van der Waals surface area contributed by atoms with Gasteiger partial charge in [0.05, 0.1) is 17.7 Å². The van der Waals surface area contributed by atoms with Crippen LogP contribution in [0, 0.1) is 6.92 Å². The summed E-state index contributed by atoms with van der Waals surface area (Å²) in [4.78, 5) is 28.4. The van der Waals surface area contributed by atoms with Gasteiger partial charge in [0.15, 0.2) is 0 Å². The quantitative estimate of drug-likeness (QED) is 0.518. The SMILES string of the molecule is Cc1ccc(CNC(=O)[C@]2(C)CN(S(=O)(=O)c3ccccc3)CC(=O)N2CCc2ccco2)cc1. The second-order valence-corrected chi connectivity index (χ2v) is 10.8. The number of nitrogens with one attached hydrogen (secondary N) is 1. The number of carbonyl (C=O) groups excluding carboxylic acids is 2. The Labute approximate surface area is 205 Å². The zero-order valence-electron chi connectivity index (χ0n) is 19.8. The van der Waals surface area contributed by atoms with Gasteiger partial charge in [0.1, 0.15) is 11.3 Å². The third-order valence-corrected chi connectivity index (χ3v) is 8.10. The molecule has 1 N–H and O–H groups in total. The van der Waals surface area contributed by atoms with Gasteiger partial charge in [-0.15, -0.1) is 0 Å². The van der Waals surface area contributed by atoms with Crippen LogP contribution in [0.5, 0.6) is 0 Å². The fourth-order valence-electron chi connectivity index (χ4n) is 4.23. The van der Waals surface area contributed by atoms with Crippen molar-refractivity contribution in [1.82, 2.24) is 14.5 Å². The molecular weight excluding hydrogens is 466 g/mol. The number of benzene rings is 2. The fraction of sp³-hybridized carbons (Fsp3) is 0.308. The largest absolute Gasteiger partial charge is 0.469 e. The monoisotopic (exact) mass is 495 g/mol. The van der Waals surface area contributed by atoms with Crippen LogP contribution >= 0.6 is 0 Å². The average Bonchev–Trinajstić information content (AvgIpc) is 3.37. The van der Waals surface area contributed by atoms with Crippen LogP contribution in [-0.4, -0.2) is 54.6 Å². The van der Waals surface area contributed by atoms with Crippen molar-refractivity contribution in [3.05, 3.63) is 89.9 Å². The molecule has 8 nitrogen and oxygen atoms in total. The van der Waals surface area contributed by atoms with Crippen molar-refractivity contribution in [1.29, 1.82) is 0 Å². The van der Waals surface area contributed by atoms with E-state index in [4.69, 9.17) is 4.42 Å². The lowest BCUT2D eigenvalue weighted by Gasteiger charge is -2.46. The minimum Gasteiger partial charge on any atom is -0.469 e. The molecule has 4 rings (SSSR count). The second-order valence-electron chi connectivity index (χ2n) is 8.90. The van der Waals surface area contributed by atoms with E-state index in [1.54, 1.807) is 43.5 Å². The molecule has 0 radical (unpaired) electrons. The normalized spacial score (nSPS) is 19.0. The lowest BCUT2D eigenvalue weighted by atomic mass is 9.95. The lowest BCUT2D eigenvalue weighted by molar-refractivity contribution is -0.152. The Morgan fingerprint density at radius 3 is 2.43 bits per heavy atom. The maximum atomic E-state index is 13.5. The van der Waals surface area contributed by atoms with Crippen molar-refractivity contribution in [3.63, 3.8) is 0 Å². The summed E-state index contributed by atoms with van der Waals surface area (Å²) in [5, 5.41) is 2.91. The number of furan rings is 1. The van der Waals surface area contributed by atoms with E-state index in [0.717, 1.165) is 15.4 Å². The number of nitrogens with zero attached hydrogens (tertiary/aromatic N) is 2. The predicted octanol–water partition coefficient (Wildman–Crippen LogP) is 2.74. The Bertz CT molecular complexity index is 1270. The molecule has 1 saturated heterocycles. The first-order valence-corrected chi connectivity index (χ1v) is 12.9. The van der Waals surface area contributed by atoms with Crippen molar-refractivity contribution in [2.45, 2.75) is 37.2 Å². The summed E-state index contributed by atoms with van der Waals surface area (Å²) in [6, 6.07) is 19.3. The van der Waals surface area contributed by atoms with E-state index < -0.39 is 27.4 Å². The Hall–Kier alpha value is -3.43. The van der Waals surface area contributed by atoms with E-state index in [1.165, 1.54) is 17.0 Å². The van der Waals surface area contributed by atoms with Crippen LogP contribution in [0.4, 0.5) is 0 Å². The zero-order chi connectivity index (χ0) is 25.1. The van der Waals surface area contributed by atoms with Gasteiger partial charge in [-0.3, -0.25) is 9.59 Å². The highest BCUT2D eigenvalue weighted by Gasteiger charge is 2.50. The number of carbonyl (C=O) groups is 2. The van der Waals surface area contributed by atoms with Crippen molar-refractivity contribution in [2.75, 3.05) is 19.6 Å². The first-order chi connectivity index (χ1) is 16.7. The molecule has 0 spiro atoms. The molecule has 2 aromatic carbocycles. The standard InChI is InChI=1S/C26H29N3O5S/c1-20-10-12-21(13-11-20)17-27-25(31)26(2)19-28(35(32,33)23-8-4-3-5-9-23)18-24(30)29(26)15-14-22-7-6-16-34-22/h3-13,16H,14-15,17-19H2,1-2H3,(H,27,31)/t26-/m0/s1. The molecule has 0 bridgehead atoms. The topological polar surface area (TPSA) is 99.9 Å². The number of hydrogen-bond donors (Lipinski definition) is 1.